The fourth-order valence-electron chi connectivity index (χ4n) is 1.53. The molecule has 82 valence electrons. The van der Waals surface area contributed by atoms with Crippen LogP contribution in [0.4, 0.5) is 0 Å². The van der Waals surface area contributed by atoms with E-state index in [1.165, 1.54) is 5.57 Å². The van der Waals surface area contributed by atoms with Crippen LogP contribution in [0.15, 0.2) is 11.3 Å². The van der Waals surface area contributed by atoms with Gasteiger partial charge >= 0.3 is 9.05 Å². The van der Waals surface area contributed by atoms with Gasteiger partial charge in [-0.1, -0.05) is 0 Å². The first-order valence-corrected chi connectivity index (χ1v) is 6.34. The molecule has 1 aliphatic carbocycles. The smallest absolute Gasteiger partial charge is 0.484 e. The molecule has 5 heteroatoms. The Kier molecular flexibility index (Phi) is 4.12. The van der Waals surface area contributed by atoms with Gasteiger partial charge in [-0.25, -0.2) is 0 Å². The highest BCUT2D eigenvalue weighted by molar-refractivity contribution is 6.53. The fraction of sp³-hybridized carbons (Fsp3) is 0.778. The maximum absolute atomic E-state index is 5.71. The van der Waals surface area contributed by atoms with Gasteiger partial charge in [0.05, 0.1) is 5.76 Å². The van der Waals surface area contributed by atoms with E-state index in [2.05, 4.69) is 6.92 Å². The van der Waals surface area contributed by atoms with E-state index in [1.807, 2.05) is 0 Å². The maximum Gasteiger partial charge on any atom is 0.748 e. The van der Waals surface area contributed by atoms with Crippen LogP contribution in [0.2, 0.25) is 0 Å². The Labute approximate surface area is 86.3 Å². The molecular formula is C9H18O4Si. The molecule has 0 atom stereocenters. The molecule has 1 rings (SSSR count). The molecule has 0 saturated heterocycles. The summed E-state index contributed by atoms with van der Waals surface area (Å²) in [5.74, 6) is 0.974. The summed E-state index contributed by atoms with van der Waals surface area (Å²) in [6, 6.07) is 0. The highest BCUT2D eigenvalue weighted by Gasteiger charge is 2.46. The largest absolute Gasteiger partial charge is 0.748 e. The minimum absolute atomic E-state index is 0.955. The highest BCUT2D eigenvalue weighted by atomic mass is 28.4. The Morgan fingerprint density at radius 2 is 1.57 bits per heavy atom. The van der Waals surface area contributed by atoms with Gasteiger partial charge in [-0.3, -0.25) is 0 Å². The van der Waals surface area contributed by atoms with Crippen molar-refractivity contribution in [2.45, 2.75) is 26.2 Å². The molecule has 0 amide bonds. The summed E-state index contributed by atoms with van der Waals surface area (Å²) in [5.41, 5.74) is 1.27. The number of rotatable bonds is 5. The van der Waals surface area contributed by atoms with Gasteiger partial charge in [-0.15, -0.1) is 0 Å². The summed E-state index contributed by atoms with van der Waals surface area (Å²) in [7, 11) is 1.76. The molecule has 0 radical (unpaired) electrons. The van der Waals surface area contributed by atoms with Gasteiger partial charge < -0.3 is 17.7 Å². The van der Waals surface area contributed by atoms with E-state index in [0.29, 0.717) is 0 Å². The Bertz CT molecular complexity index is 215. The monoisotopic (exact) mass is 218 g/mol. The molecular weight excluding hydrogens is 200 g/mol. The van der Waals surface area contributed by atoms with E-state index in [4.69, 9.17) is 17.7 Å². The van der Waals surface area contributed by atoms with Crippen LogP contribution >= 0.6 is 0 Å². The lowest BCUT2D eigenvalue weighted by Gasteiger charge is -2.24. The molecule has 0 bridgehead atoms. The molecule has 0 spiro atoms. The molecule has 0 aromatic carbocycles. The maximum atomic E-state index is 5.71. The molecule has 0 saturated carbocycles. The van der Waals surface area contributed by atoms with E-state index in [1.54, 1.807) is 21.3 Å². The van der Waals surface area contributed by atoms with E-state index in [9.17, 15) is 0 Å². The van der Waals surface area contributed by atoms with Crippen molar-refractivity contribution in [2.24, 2.45) is 0 Å². The Morgan fingerprint density at radius 3 is 1.93 bits per heavy atom. The summed E-state index contributed by atoms with van der Waals surface area (Å²) in [5, 5.41) is 0. The van der Waals surface area contributed by atoms with Gasteiger partial charge in [0.1, 0.15) is 0 Å². The van der Waals surface area contributed by atoms with Gasteiger partial charge in [0, 0.05) is 27.8 Å². The third-order valence-electron chi connectivity index (χ3n) is 2.43. The van der Waals surface area contributed by atoms with Crippen molar-refractivity contribution in [3.63, 3.8) is 0 Å². The molecule has 0 fully saturated rings. The minimum Gasteiger partial charge on any atom is -0.484 e. The van der Waals surface area contributed by atoms with Crippen molar-refractivity contribution in [3.05, 3.63) is 11.3 Å². The molecule has 0 N–H and O–H groups in total. The SMILES string of the molecule is CO[Si](OC)(OC)OC1=C(C)CCC1. The Morgan fingerprint density at radius 1 is 1.00 bits per heavy atom. The first kappa shape index (κ1) is 11.7. The third kappa shape index (κ3) is 2.36. The van der Waals surface area contributed by atoms with Gasteiger partial charge in [0.25, 0.3) is 0 Å². The number of allylic oxidation sites excluding steroid dienone is 2. The quantitative estimate of drug-likeness (QED) is 0.660. The second-order valence-electron chi connectivity index (χ2n) is 3.27. The van der Waals surface area contributed by atoms with E-state index >= 15 is 0 Å². The van der Waals surface area contributed by atoms with Crippen molar-refractivity contribution in [2.75, 3.05) is 21.3 Å². The minimum atomic E-state index is -2.88. The predicted octanol–water partition coefficient (Wildman–Crippen LogP) is 1.84. The lowest BCUT2D eigenvalue weighted by Crippen LogP contribution is -2.46. The first-order chi connectivity index (χ1) is 6.67. The van der Waals surface area contributed by atoms with Crippen molar-refractivity contribution in [1.82, 2.24) is 0 Å². The van der Waals surface area contributed by atoms with Crippen LogP contribution in [0.25, 0.3) is 0 Å². The highest BCUT2D eigenvalue weighted by Crippen LogP contribution is 2.29. The average Bonchev–Trinajstić information content (AvgIpc) is 2.61. The van der Waals surface area contributed by atoms with Crippen molar-refractivity contribution >= 4 is 9.05 Å². The van der Waals surface area contributed by atoms with Crippen molar-refractivity contribution < 1.29 is 17.7 Å². The van der Waals surface area contributed by atoms with Crippen LogP contribution < -0.4 is 0 Å². The summed E-state index contributed by atoms with van der Waals surface area (Å²) < 4.78 is 21.3. The molecule has 0 aromatic heterocycles. The molecule has 1 aliphatic rings. The second-order valence-corrected chi connectivity index (χ2v) is 5.70. The van der Waals surface area contributed by atoms with Gasteiger partial charge in [-0.2, -0.15) is 0 Å². The van der Waals surface area contributed by atoms with Crippen LogP contribution in [-0.2, 0) is 17.7 Å². The third-order valence-corrected chi connectivity index (χ3v) is 4.43. The molecule has 4 nitrogen and oxygen atoms in total. The summed E-state index contributed by atoms with van der Waals surface area (Å²) >= 11 is 0. The van der Waals surface area contributed by atoms with E-state index < -0.39 is 9.05 Å². The molecule has 0 aliphatic heterocycles. The number of hydrogen-bond acceptors (Lipinski definition) is 4. The van der Waals surface area contributed by atoms with Crippen LogP contribution in [-0.4, -0.2) is 30.4 Å². The molecule has 0 heterocycles. The first-order valence-electron chi connectivity index (χ1n) is 4.70. The molecule has 0 aromatic rings. The fourth-order valence-corrected chi connectivity index (χ4v) is 2.86. The van der Waals surface area contributed by atoms with Crippen molar-refractivity contribution in [3.8, 4) is 0 Å². The van der Waals surface area contributed by atoms with Crippen LogP contribution in [0, 0.1) is 0 Å². The summed E-state index contributed by atoms with van der Waals surface area (Å²) in [6.45, 7) is 2.07. The molecule has 0 unspecified atom stereocenters. The van der Waals surface area contributed by atoms with Gasteiger partial charge in [0.15, 0.2) is 0 Å². The predicted molar refractivity (Wildman–Crippen MR) is 54.4 cm³/mol. The zero-order valence-corrected chi connectivity index (χ0v) is 10.3. The Hall–Kier alpha value is -0.363. The summed E-state index contributed by atoms with van der Waals surface area (Å²) in [6.07, 6.45) is 3.19. The van der Waals surface area contributed by atoms with Gasteiger partial charge in [0.2, 0.25) is 0 Å². The lowest BCUT2D eigenvalue weighted by atomic mass is 10.3. The zero-order valence-electron chi connectivity index (χ0n) is 9.25. The second kappa shape index (κ2) is 4.93. The van der Waals surface area contributed by atoms with Crippen LogP contribution in [0.1, 0.15) is 26.2 Å². The average molecular weight is 218 g/mol. The van der Waals surface area contributed by atoms with Crippen LogP contribution in [0.5, 0.6) is 0 Å². The number of hydrogen-bond donors (Lipinski definition) is 0. The topological polar surface area (TPSA) is 36.9 Å². The summed E-state index contributed by atoms with van der Waals surface area (Å²) in [4.78, 5) is 0. The zero-order chi connectivity index (χ0) is 10.6. The van der Waals surface area contributed by atoms with Crippen molar-refractivity contribution in [1.29, 1.82) is 0 Å². The normalized spacial score (nSPS) is 17.7. The molecule has 14 heavy (non-hydrogen) atoms. The Balaban J connectivity index is 2.68. The van der Waals surface area contributed by atoms with Gasteiger partial charge in [-0.05, 0) is 25.3 Å². The van der Waals surface area contributed by atoms with Crippen LogP contribution in [0.3, 0.4) is 0 Å². The van der Waals surface area contributed by atoms with E-state index in [0.717, 1.165) is 25.0 Å². The lowest BCUT2D eigenvalue weighted by molar-refractivity contribution is 0.0256. The van der Waals surface area contributed by atoms with E-state index in [-0.39, 0.29) is 0 Å². The standard InChI is InChI=1S/C9H18O4Si/c1-8-6-5-7-9(8)13-14(10-2,11-3)12-4/h5-7H2,1-4H3.